The Balaban J connectivity index is 2.45. The maximum absolute atomic E-state index is 12.4. The summed E-state index contributed by atoms with van der Waals surface area (Å²) in [4.78, 5) is 24.3. The molecular formula is C15H16Cl2N2O2. The number of aryl methyl sites for hydroxylation is 1. The van der Waals surface area contributed by atoms with Crippen molar-refractivity contribution in [2.45, 2.75) is 32.9 Å². The SMILES string of the molecule is CCCCn1ccc(=O)n(Cc2c(Cl)cccc2Cl)c1=O. The first-order valence-corrected chi connectivity index (χ1v) is 7.53. The Morgan fingerprint density at radius 3 is 2.38 bits per heavy atom. The van der Waals surface area contributed by atoms with Gasteiger partial charge in [0.25, 0.3) is 5.56 Å². The third kappa shape index (κ3) is 3.57. The van der Waals surface area contributed by atoms with E-state index in [4.69, 9.17) is 23.2 Å². The Morgan fingerprint density at radius 2 is 1.76 bits per heavy atom. The summed E-state index contributed by atoms with van der Waals surface area (Å²) in [6.45, 7) is 2.71. The predicted octanol–water partition coefficient (Wildman–Crippen LogP) is 3.17. The molecule has 1 heterocycles. The van der Waals surface area contributed by atoms with Crippen LogP contribution in [0.1, 0.15) is 25.3 Å². The summed E-state index contributed by atoms with van der Waals surface area (Å²) in [5.41, 5.74) is -0.121. The second-order valence-corrected chi connectivity index (χ2v) is 5.58. The first-order valence-electron chi connectivity index (χ1n) is 6.77. The maximum Gasteiger partial charge on any atom is 0.331 e. The van der Waals surface area contributed by atoms with E-state index in [9.17, 15) is 9.59 Å². The molecule has 21 heavy (non-hydrogen) atoms. The third-order valence-electron chi connectivity index (χ3n) is 3.27. The van der Waals surface area contributed by atoms with Crippen LogP contribution in [0.3, 0.4) is 0 Å². The average molecular weight is 327 g/mol. The minimum absolute atomic E-state index is 0.0726. The Bertz CT molecular complexity index is 730. The molecule has 1 aromatic carbocycles. The molecular weight excluding hydrogens is 311 g/mol. The van der Waals surface area contributed by atoms with Crippen LogP contribution < -0.4 is 11.2 Å². The van der Waals surface area contributed by atoms with Crippen molar-refractivity contribution in [2.24, 2.45) is 0 Å². The second kappa shape index (κ2) is 6.96. The van der Waals surface area contributed by atoms with Gasteiger partial charge in [0.15, 0.2) is 0 Å². The Labute approximate surface area is 132 Å². The lowest BCUT2D eigenvalue weighted by Gasteiger charge is -2.11. The first kappa shape index (κ1) is 15.9. The molecule has 0 spiro atoms. The molecule has 0 saturated heterocycles. The number of rotatable bonds is 5. The van der Waals surface area contributed by atoms with Crippen LogP contribution in [0, 0.1) is 0 Å². The van der Waals surface area contributed by atoms with E-state index in [1.165, 1.54) is 16.8 Å². The number of hydrogen-bond donors (Lipinski definition) is 0. The molecule has 2 aromatic rings. The molecule has 0 aliphatic rings. The van der Waals surface area contributed by atoms with E-state index >= 15 is 0 Å². The fourth-order valence-corrected chi connectivity index (χ4v) is 2.56. The Kier molecular flexibility index (Phi) is 5.26. The smallest absolute Gasteiger partial charge is 0.300 e. The largest absolute Gasteiger partial charge is 0.331 e. The number of halogens is 2. The quantitative estimate of drug-likeness (QED) is 0.847. The summed E-state index contributed by atoms with van der Waals surface area (Å²) in [5.74, 6) is 0. The van der Waals surface area contributed by atoms with E-state index in [0.717, 1.165) is 17.4 Å². The molecule has 0 aliphatic carbocycles. The van der Waals surface area contributed by atoms with Gasteiger partial charge in [-0.1, -0.05) is 42.6 Å². The highest BCUT2D eigenvalue weighted by atomic mass is 35.5. The van der Waals surface area contributed by atoms with Gasteiger partial charge < -0.3 is 4.57 Å². The maximum atomic E-state index is 12.4. The minimum Gasteiger partial charge on any atom is -0.300 e. The Hall–Kier alpha value is -1.52. The van der Waals surface area contributed by atoms with Crippen LogP contribution in [0.2, 0.25) is 10.0 Å². The molecule has 1 aromatic heterocycles. The van der Waals surface area contributed by atoms with Gasteiger partial charge in [0, 0.05) is 34.4 Å². The molecule has 4 nitrogen and oxygen atoms in total. The molecule has 0 unspecified atom stereocenters. The lowest BCUT2D eigenvalue weighted by atomic mass is 10.2. The van der Waals surface area contributed by atoms with Gasteiger partial charge in [-0.05, 0) is 18.6 Å². The topological polar surface area (TPSA) is 44.0 Å². The number of benzene rings is 1. The Morgan fingerprint density at radius 1 is 1.10 bits per heavy atom. The average Bonchev–Trinajstić information content (AvgIpc) is 2.45. The standard InChI is InChI=1S/C15H16Cl2N2O2/c1-2-3-8-18-9-7-14(20)19(15(18)21)10-11-12(16)5-4-6-13(11)17/h4-7,9H,2-3,8,10H2,1H3. The van der Waals surface area contributed by atoms with E-state index in [1.54, 1.807) is 18.2 Å². The number of unbranched alkanes of at least 4 members (excludes halogenated alkanes) is 1. The van der Waals surface area contributed by atoms with Gasteiger partial charge >= 0.3 is 5.69 Å². The zero-order chi connectivity index (χ0) is 15.4. The third-order valence-corrected chi connectivity index (χ3v) is 3.98. The van der Waals surface area contributed by atoms with E-state index in [1.807, 2.05) is 6.92 Å². The molecule has 112 valence electrons. The van der Waals surface area contributed by atoms with Crippen molar-refractivity contribution >= 4 is 23.2 Å². The van der Waals surface area contributed by atoms with Crippen molar-refractivity contribution in [2.75, 3.05) is 0 Å². The number of hydrogen-bond acceptors (Lipinski definition) is 2. The molecule has 0 atom stereocenters. The normalized spacial score (nSPS) is 10.8. The van der Waals surface area contributed by atoms with Gasteiger partial charge in [0.2, 0.25) is 0 Å². The van der Waals surface area contributed by atoms with Gasteiger partial charge in [0.1, 0.15) is 0 Å². The van der Waals surface area contributed by atoms with Crippen molar-refractivity contribution in [3.8, 4) is 0 Å². The van der Waals surface area contributed by atoms with Gasteiger partial charge in [0.05, 0.1) is 6.54 Å². The van der Waals surface area contributed by atoms with Crippen molar-refractivity contribution in [1.82, 2.24) is 9.13 Å². The van der Waals surface area contributed by atoms with Gasteiger partial charge in [-0.3, -0.25) is 9.36 Å². The van der Waals surface area contributed by atoms with Crippen molar-refractivity contribution < 1.29 is 0 Å². The van der Waals surface area contributed by atoms with Crippen molar-refractivity contribution in [1.29, 1.82) is 0 Å². The van der Waals surface area contributed by atoms with Crippen LogP contribution in [0.4, 0.5) is 0 Å². The molecule has 6 heteroatoms. The van der Waals surface area contributed by atoms with Crippen LogP contribution in [0.25, 0.3) is 0 Å². The fraction of sp³-hybridized carbons (Fsp3) is 0.333. The van der Waals surface area contributed by atoms with Gasteiger partial charge in [-0.25, -0.2) is 4.79 Å². The molecule has 0 amide bonds. The fourth-order valence-electron chi connectivity index (χ4n) is 2.04. The lowest BCUT2D eigenvalue weighted by molar-refractivity contribution is 0.552. The number of nitrogens with zero attached hydrogens (tertiary/aromatic N) is 2. The highest BCUT2D eigenvalue weighted by Gasteiger charge is 2.11. The summed E-state index contributed by atoms with van der Waals surface area (Å²) in [5, 5.41) is 0.885. The van der Waals surface area contributed by atoms with Crippen LogP contribution in [0.15, 0.2) is 40.1 Å². The summed E-state index contributed by atoms with van der Waals surface area (Å²) in [6.07, 6.45) is 3.39. The molecule has 2 rings (SSSR count). The zero-order valence-electron chi connectivity index (χ0n) is 11.7. The molecule has 0 fully saturated rings. The predicted molar refractivity (Wildman–Crippen MR) is 85.4 cm³/mol. The molecule has 0 bridgehead atoms. The molecule has 0 N–H and O–H groups in total. The van der Waals surface area contributed by atoms with Crippen LogP contribution >= 0.6 is 23.2 Å². The highest BCUT2D eigenvalue weighted by molar-refractivity contribution is 6.35. The lowest BCUT2D eigenvalue weighted by Crippen LogP contribution is -2.39. The summed E-state index contributed by atoms with van der Waals surface area (Å²) in [6, 6.07) is 6.49. The summed E-state index contributed by atoms with van der Waals surface area (Å²) in [7, 11) is 0. The van der Waals surface area contributed by atoms with Crippen LogP contribution in [0.5, 0.6) is 0 Å². The molecule has 0 aliphatic heterocycles. The highest BCUT2D eigenvalue weighted by Crippen LogP contribution is 2.24. The van der Waals surface area contributed by atoms with Gasteiger partial charge in [-0.15, -0.1) is 0 Å². The van der Waals surface area contributed by atoms with E-state index in [2.05, 4.69) is 0 Å². The summed E-state index contributed by atoms with van der Waals surface area (Å²) >= 11 is 12.2. The van der Waals surface area contributed by atoms with E-state index in [0.29, 0.717) is 22.2 Å². The van der Waals surface area contributed by atoms with Crippen molar-refractivity contribution in [3.63, 3.8) is 0 Å². The van der Waals surface area contributed by atoms with Gasteiger partial charge in [-0.2, -0.15) is 0 Å². The van der Waals surface area contributed by atoms with Crippen LogP contribution in [-0.4, -0.2) is 9.13 Å². The first-order chi connectivity index (χ1) is 10.0. The van der Waals surface area contributed by atoms with Crippen molar-refractivity contribution in [3.05, 3.63) is 66.9 Å². The van der Waals surface area contributed by atoms with Crippen LogP contribution in [-0.2, 0) is 13.1 Å². The second-order valence-electron chi connectivity index (χ2n) is 4.77. The van der Waals surface area contributed by atoms with E-state index < -0.39 is 0 Å². The minimum atomic E-state index is -0.358. The number of aromatic nitrogens is 2. The zero-order valence-corrected chi connectivity index (χ0v) is 13.2. The molecule has 0 radical (unpaired) electrons. The monoisotopic (exact) mass is 326 g/mol. The summed E-state index contributed by atoms with van der Waals surface area (Å²) < 4.78 is 2.69. The van der Waals surface area contributed by atoms with E-state index in [-0.39, 0.29) is 17.8 Å². The molecule has 0 saturated carbocycles.